The highest BCUT2D eigenvalue weighted by Crippen LogP contribution is 2.30. The van der Waals surface area contributed by atoms with Crippen molar-refractivity contribution >= 4 is 22.7 Å². The van der Waals surface area contributed by atoms with Gasteiger partial charge in [0.25, 0.3) is 0 Å². The zero-order chi connectivity index (χ0) is 18.5. The maximum atomic E-state index is 5.93. The van der Waals surface area contributed by atoms with E-state index in [1.807, 2.05) is 36.8 Å². The molecule has 1 aliphatic rings. The standard InChI is InChI=1S/C23H24N4/c24-15-20(16-25-13-10-17-4-1-5-17)21-7-3-12-27-23(21)19-9-8-18-6-2-11-26-22(18)14-19/h2-3,6-9,11-12,14-17H,1,4-5,10,13,24H2/b20-15+,25-16?. The Kier molecular flexibility index (Phi) is 5.24. The zero-order valence-electron chi connectivity index (χ0n) is 15.4. The number of hydrogen-bond donors (Lipinski definition) is 1. The lowest BCUT2D eigenvalue weighted by Crippen LogP contribution is -2.11. The summed E-state index contributed by atoms with van der Waals surface area (Å²) in [6, 6.07) is 14.2. The van der Waals surface area contributed by atoms with Crippen molar-refractivity contribution in [2.45, 2.75) is 25.7 Å². The monoisotopic (exact) mass is 356 g/mol. The van der Waals surface area contributed by atoms with E-state index in [9.17, 15) is 0 Å². The van der Waals surface area contributed by atoms with Gasteiger partial charge < -0.3 is 5.73 Å². The second kappa shape index (κ2) is 8.12. The second-order valence-electron chi connectivity index (χ2n) is 7.05. The number of aliphatic imine (C=N–C) groups is 1. The average Bonchev–Trinajstić information content (AvgIpc) is 2.69. The fourth-order valence-corrected chi connectivity index (χ4v) is 3.49. The van der Waals surface area contributed by atoms with Crippen molar-refractivity contribution < 1.29 is 0 Å². The summed E-state index contributed by atoms with van der Waals surface area (Å²) in [6.45, 7) is 0.859. The van der Waals surface area contributed by atoms with Gasteiger partial charge in [0, 0.05) is 53.4 Å². The summed E-state index contributed by atoms with van der Waals surface area (Å²) in [4.78, 5) is 13.7. The topological polar surface area (TPSA) is 64.2 Å². The van der Waals surface area contributed by atoms with Crippen molar-refractivity contribution in [2.24, 2.45) is 16.6 Å². The van der Waals surface area contributed by atoms with Crippen LogP contribution in [0.3, 0.4) is 0 Å². The molecule has 0 saturated heterocycles. The SMILES string of the molecule is N/C=C(\C=NCCC1CCC1)c1cccnc1-c1ccc2cccnc2c1. The highest BCUT2D eigenvalue weighted by Gasteiger charge is 2.16. The third kappa shape index (κ3) is 3.90. The second-order valence-corrected chi connectivity index (χ2v) is 7.05. The van der Waals surface area contributed by atoms with E-state index < -0.39 is 0 Å². The Morgan fingerprint density at radius 1 is 1.11 bits per heavy atom. The van der Waals surface area contributed by atoms with Crippen LogP contribution < -0.4 is 5.73 Å². The Morgan fingerprint density at radius 3 is 2.78 bits per heavy atom. The number of allylic oxidation sites excluding steroid dienone is 1. The molecule has 4 nitrogen and oxygen atoms in total. The Bertz CT molecular complexity index is 986. The predicted molar refractivity (Wildman–Crippen MR) is 112 cm³/mol. The van der Waals surface area contributed by atoms with Crippen LogP contribution in [-0.2, 0) is 0 Å². The minimum Gasteiger partial charge on any atom is -0.404 e. The summed E-state index contributed by atoms with van der Waals surface area (Å²) < 4.78 is 0. The number of pyridine rings is 2. The largest absolute Gasteiger partial charge is 0.404 e. The van der Waals surface area contributed by atoms with Gasteiger partial charge in [-0.1, -0.05) is 43.5 Å². The van der Waals surface area contributed by atoms with Gasteiger partial charge in [0.05, 0.1) is 11.2 Å². The van der Waals surface area contributed by atoms with E-state index >= 15 is 0 Å². The van der Waals surface area contributed by atoms with Crippen molar-refractivity contribution in [3.8, 4) is 11.3 Å². The van der Waals surface area contributed by atoms with Crippen LogP contribution in [0, 0.1) is 5.92 Å². The van der Waals surface area contributed by atoms with E-state index in [2.05, 4.69) is 39.2 Å². The van der Waals surface area contributed by atoms with Gasteiger partial charge in [-0.05, 0) is 30.5 Å². The number of hydrogen-bond acceptors (Lipinski definition) is 4. The predicted octanol–water partition coefficient (Wildman–Crippen LogP) is 4.86. The normalized spacial score (nSPS) is 15.3. The quantitative estimate of drug-likeness (QED) is 0.642. The molecule has 0 unspecified atom stereocenters. The lowest BCUT2D eigenvalue weighted by Gasteiger charge is -2.24. The van der Waals surface area contributed by atoms with Crippen molar-refractivity contribution in [3.63, 3.8) is 0 Å². The van der Waals surface area contributed by atoms with E-state index in [0.717, 1.165) is 45.8 Å². The van der Waals surface area contributed by atoms with Crippen LogP contribution in [0.5, 0.6) is 0 Å². The highest BCUT2D eigenvalue weighted by molar-refractivity contribution is 6.11. The summed E-state index contributed by atoms with van der Waals surface area (Å²) in [7, 11) is 0. The number of benzene rings is 1. The molecule has 0 aliphatic heterocycles. The molecule has 3 aromatic rings. The van der Waals surface area contributed by atoms with Crippen LogP contribution in [-0.4, -0.2) is 22.7 Å². The van der Waals surface area contributed by atoms with Gasteiger partial charge in [-0.15, -0.1) is 0 Å². The first kappa shape index (κ1) is 17.4. The number of fused-ring (bicyclic) bond motifs is 1. The van der Waals surface area contributed by atoms with Crippen molar-refractivity contribution in [1.29, 1.82) is 0 Å². The first-order chi connectivity index (χ1) is 13.3. The Balaban J connectivity index is 1.61. The maximum Gasteiger partial charge on any atom is 0.0782 e. The van der Waals surface area contributed by atoms with Gasteiger partial charge in [-0.3, -0.25) is 15.0 Å². The van der Waals surface area contributed by atoms with Crippen molar-refractivity contribution in [2.75, 3.05) is 6.54 Å². The average molecular weight is 356 g/mol. The van der Waals surface area contributed by atoms with E-state index in [1.54, 1.807) is 6.20 Å². The third-order valence-corrected chi connectivity index (χ3v) is 5.30. The van der Waals surface area contributed by atoms with Gasteiger partial charge in [0.15, 0.2) is 0 Å². The summed E-state index contributed by atoms with van der Waals surface area (Å²) in [5.41, 5.74) is 10.7. The molecule has 0 atom stereocenters. The van der Waals surface area contributed by atoms with Crippen LogP contribution in [0.2, 0.25) is 0 Å². The van der Waals surface area contributed by atoms with Gasteiger partial charge in [-0.25, -0.2) is 0 Å². The van der Waals surface area contributed by atoms with Gasteiger partial charge >= 0.3 is 0 Å². The molecule has 2 aromatic heterocycles. The molecular weight excluding hydrogens is 332 g/mol. The molecule has 4 rings (SSSR count). The smallest absolute Gasteiger partial charge is 0.0782 e. The van der Waals surface area contributed by atoms with Crippen molar-refractivity contribution in [3.05, 3.63) is 66.6 Å². The van der Waals surface area contributed by atoms with Crippen LogP contribution in [0.25, 0.3) is 27.7 Å². The molecule has 1 aromatic carbocycles. The van der Waals surface area contributed by atoms with E-state index in [1.165, 1.54) is 25.7 Å². The molecule has 0 radical (unpaired) electrons. The number of aromatic nitrogens is 2. The van der Waals surface area contributed by atoms with E-state index in [4.69, 9.17) is 5.73 Å². The highest BCUT2D eigenvalue weighted by atomic mass is 14.7. The molecule has 1 aliphatic carbocycles. The summed E-state index contributed by atoms with van der Waals surface area (Å²) in [6.07, 6.45) is 12.4. The Labute approximate surface area is 159 Å². The fourth-order valence-electron chi connectivity index (χ4n) is 3.49. The minimum atomic E-state index is 0.859. The van der Waals surface area contributed by atoms with Crippen LogP contribution >= 0.6 is 0 Å². The lowest BCUT2D eigenvalue weighted by atomic mass is 9.83. The molecule has 0 amide bonds. The summed E-state index contributed by atoms with van der Waals surface area (Å²) >= 11 is 0. The molecule has 2 heterocycles. The Hall–Kier alpha value is -3.01. The van der Waals surface area contributed by atoms with Crippen LogP contribution in [0.15, 0.2) is 66.1 Å². The third-order valence-electron chi connectivity index (χ3n) is 5.30. The molecule has 0 spiro atoms. The number of rotatable bonds is 6. The lowest BCUT2D eigenvalue weighted by molar-refractivity contribution is 0.300. The molecule has 2 N–H and O–H groups in total. The minimum absolute atomic E-state index is 0.859. The summed E-state index contributed by atoms with van der Waals surface area (Å²) in [5.74, 6) is 0.867. The maximum absolute atomic E-state index is 5.93. The van der Waals surface area contributed by atoms with E-state index in [0.29, 0.717) is 0 Å². The van der Waals surface area contributed by atoms with Crippen LogP contribution in [0.4, 0.5) is 0 Å². The zero-order valence-corrected chi connectivity index (χ0v) is 15.4. The molecular formula is C23H24N4. The molecule has 136 valence electrons. The van der Waals surface area contributed by atoms with Crippen molar-refractivity contribution in [1.82, 2.24) is 9.97 Å². The number of nitrogens with zero attached hydrogens (tertiary/aromatic N) is 3. The van der Waals surface area contributed by atoms with Gasteiger partial charge in [-0.2, -0.15) is 0 Å². The fraction of sp³-hybridized carbons (Fsp3) is 0.261. The molecule has 1 saturated carbocycles. The molecule has 0 bridgehead atoms. The summed E-state index contributed by atoms with van der Waals surface area (Å²) in [5, 5.41) is 1.12. The molecule has 27 heavy (non-hydrogen) atoms. The van der Waals surface area contributed by atoms with Gasteiger partial charge in [0.2, 0.25) is 0 Å². The molecule has 4 heteroatoms. The van der Waals surface area contributed by atoms with Crippen LogP contribution in [0.1, 0.15) is 31.2 Å². The van der Waals surface area contributed by atoms with Gasteiger partial charge in [0.1, 0.15) is 0 Å². The first-order valence-electron chi connectivity index (χ1n) is 9.57. The number of nitrogens with two attached hydrogens (primary N) is 1. The molecule has 1 fully saturated rings. The van der Waals surface area contributed by atoms with E-state index in [-0.39, 0.29) is 0 Å². The Morgan fingerprint density at radius 2 is 1.96 bits per heavy atom. The first-order valence-corrected chi connectivity index (χ1v) is 9.57.